The topological polar surface area (TPSA) is 50.7 Å². The van der Waals surface area contributed by atoms with Crippen LogP contribution in [0, 0.1) is 6.92 Å². The highest BCUT2D eigenvalue weighted by Gasteiger charge is 2.12. The van der Waals surface area contributed by atoms with Crippen LogP contribution >= 0.6 is 27.3 Å². The average molecular weight is 341 g/mol. The Labute approximate surface area is 125 Å². The summed E-state index contributed by atoms with van der Waals surface area (Å²) < 4.78 is 0.802. The average Bonchev–Trinajstić information content (AvgIpc) is 2.75. The molecule has 2 aromatic rings. The lowest BCUT2D eigenvalue weighted by Gasteiger charge is -2.14. The van der Waals surface area contributed by atoms with E-state index in [4.69, 9.17) is 0 Å². The SMILES string of the molecule is Cc1csc(C(C)Nc2cc(Br)nc(C(C)C)n2)n1. The maximum Gasteiger partial charge on any atom is 0.134 e. The van der Waals surface area contributed by atoms with Crippen LogP contribution in [0.5, 0.6) is 0 Å². The molecule has 0 saturated carbocycles. The highest BCUT2D eigenvalue weighted by Crippen LogP contribution is 2.23. The van der Waals surface area contributed by atoms with Crippen LogP contribution in [0.25, 0.3) is 0 Å². The van der Waals surface area contributed by atoms with Gasteiger partial charge in [0.15, 0.2) is 0 Å². The minimum absolute atomic E-state index is 0.139. The number of anilines is 1. The molecule has 0 aromatic carbocycles. The van der Waals surface area contributed by atoms with Gasteiger partial charge in [0, 0.05) is 23.1 Å². The normalized spacial score (nSPS) is 12.7. The van der Waals surface area contributed by atoms with E-state index in [2.05, 4.69) is 62.3 Å². The highest BCUT2D eigenvalue weighted by molar-refractivity contribution is 9.10. The Hall–Kier alpha value is -1.01. The fourth-order valence-corrected chi connectivity index (χ4v) is 2.82. The van der Waals surface area contributed by atoms with Crippen molar-refractivity contribution in [3.05, 3.63) is 32.6 Å². The largest absolute Gasteiger partial charge is 0.361 e. The Morgan fingerprint density at radius 3 is 2.53 bits per heavy atom. The molecule has 6 heteroatoms. The molecule has 0 aliphatic heterocycles. The molecule has 1 N–H and O–H groups in total. The lowest BCUT2D eigenvalue weighted by atomic mass is 10.2. The minimum atomic E-state index is 0.139. The summed E-state index contributed by atoms with van der Waals surface area (Å²) in [6.07, 6.45) is 0. The third-order valence-electron chi connectivity index (χ3n) is 2.60. The molecule has 0 radical (unpaired) electrons. The lowest BCUT2D eigenvalue weighted by molar-refractivity contribution is 0.762. The fourth-order valence-electron chi connectivity index (χ4n) is 1.62. The first-order chi connectivity index (χ1) is 8.95. The molecular formula is C13H17BrN4S. The highest BCUT2D eigenvalue weighted by atomic mass is 79.9. The van der Waals surface area contributed by atoms with Crippen LogP contribution in [-0.4, -0.2) is 15.0 Å². The second-order valence-electron chi connectivity index (χ2n) is 4.78. The van der Waals surface area contributed by atoms with E-state index in [0.717, 1.165) is 26.9 Å². The van der Waals surface area contributed by atoms with Gasteiger partial charge >= 0.3 is 0 Å². The van der Waals surface area contributed by atoms with Gasteiger partial charge in [0.05, 0.1) is 6.04 Å². The summed E-state index contributed by atoms with van der Waals surface area (Å²) in [6.45, 7) is 8.26. The van der Waals surface area contributed by atoms with Gasteiger partial charge in [0.2, 0.25) is 0 Å². The maximum absolute atomic E-state index is 4.53. The maximum atomic E-state index is 4.53. The molecule has 0 aliphatic rings. The number of hydrogen-bond donors (Lipinski definition) is 1. The molecule has 102 valence electrons. The van der Waals surface area contributed by atoms with Crippen LogP contribution in [0.4, 0.5) is 5.82 Å². The van der Waals surface area contributed by atoms with E-state index in [1.165, 1.54) is 0 Å². The van der Waals surface area contributed by atoms with E-state index in [1.807, 2.05) is 13.0 Å². The molecule has 2 rings (SSSR count). The summed E-state index contributed by atoms with van der Waals surface area (Å²) in [7, 11) is 0. The summed E-state index contributed by atoms with van der Waals surface area (Å²) in [5.41, 5.74) is 1.06. The van der Waals surface area contributed by atoms with Crippen molar-refractivity contribution < 1.29 is 0 Å². The zero-order valence-electron chi connectivity index (χ0n) is 11.4. The molecular weight excluding hydrogens is 324 g/mol. The van der Waals surface area contributed by atoms with Gasteiger partial charge in [-0.1, -0.05) is 13.8 Å². The zero-order valence-corrected chi connectivity index (χ0v) is 13.8. The third-order valence-corrected chi connectivity index (χ3v) is 4.15. The fraction of sp³-hybridized carbons (Fsp3) is 0.462. The van der Waals surface area contributed by atoms with Gasteiger partial charge in [0.1, 0.15) is 21.3 Å². The zero-order chi connectivity index (χ0) is 14.0. The summed E-state index contributed by atoms with van der Waals surface area (Å²) >= 11 is 5.09. The summed E-state index contributed by atoms with van der Waals surface area (Å²) in [5, 5.41) is 6.50. The van der Waals surface area contributed by atoms with Crippen molar-refractivity contribution in [2.75, 3.05) is 5.32 Å². The van der Waals surface area contributed by atoms with E-state index in [0.29, 0.717) is 5.92 Å². The van der Waals surface area contributed by atoms with E-state index < -0.39 is 0 Å². The van der Waals surface area contributed by atoms with E-state index in [-0.39, 0.29) is 6.04 Å². The number of hydrogen-bond acceptors (Lipinski definition) is 5. The first kappa shape index (κ1) is 14.4. The molecule has 1 unspecified atom stereocenters. The van der Waals surface area contributed by atoms with Gasteiger partial charge < -0.3 is 5.32 Å². The smallest absolute Gasteiger partial charge is 0.134 e. The number of aromatic nitrogens is 3. The van der Waals surface area contributed by atoms with Crippen molar-refractivity contribution >= 4 is 33.1 Å². The Morgan fingerprint density at radius 1 is 1.21 bits per heavy atom. The van der Waals surface area contributed by atoms with Gasteiger partial charge in [-0.05, 0) is 29.8 Å². The van der Waals surface area contributed by atoms with E-state index >= 15 is 0 Å². The first-order valence-electron chi connectivity index (χ1n) is 6.18. The Kier molecular flexibility index (Phi) is 4.52. The number of halogens is 1. The van der Waals surface area contributed by atoms with Gasteiger partial charge in [-0.25, -0.2) is 15.0 Å². The van der Waals surface area contributed by atoms with E-state index in [9.17, 15) is 0 Å². The second-order valence-corrected chi connectivity index (χ2v) is 6.48. The standard InChI is InChI=1S/C13H17BrN4S/c1-7(2)12-17-10(14)5-11(18-12)16-9(4)13-15-8(3)6-19-13/h5-7,9H,1-4H3,(H,16,17,18). The lowest BCUT2D eigenvalue weighted by Crippen LogP contribution is -2.10. The molecule has 4 nitrogen and oxygen atoms in total. The van der Waals surface area contributed by atoms with Crippen molar-refractivity contribution in [2.45, 2.75) is 39.7 Å². The molecule has 0 fully saturated rings. The number of nitrogens with zero attached hydrogens (tertiary/aromatic N) is 3. The molecule has 0 spiro atoms. The third kappa shape index (κ3) is 3.73. The quantitative estimate of drug-likeness (QED) is 0.843. The minimum Gasteiger partial charge on any atom is -0.361 e. The molecule has 0 amide bonds. The first-order valence-corrected chi connectivity index (χ1v) is 7.86. The second kappa shape index (κ2) is 5.96. The molecule has 2 heterocycles. The number of aryl methyl sites for hydroxylation is 1. The summed E-state index contributed by atoms with van der Waals surface area (Å²) in [5.74, 6) is 1.96. The van der Waals surface area contributed by atoms with Crippen LogP contribution in [0.2, 0.25) is 0 Å². The Bertz CT molecular complexity index is 568. The van der Waals surface area contributed by atoms with Crippen molar-refractivity contribution in [1.29, 1.82) is 0 Å². The Balaban J connectivity index is 2.18. The number of rotatable bonds is 4. The van der Waals surface area contributed by atoms with Gasteiger partial charge in [-0.2, -0.15) is 0 Å². The molecule has 0 aliphatic carbocycles. The molecule has 0 saturated heterocycles. The van der Waals surface area contributed by atoms with Gasteiger partial charge in [0.25, 0.3) is 0 Å². The van der Waals surface area contributed by atoms with Crippen molar-refractivity contribution in [2.24, 2.45) is 0 Å². The van der Waals surface area contributed by atoms with Crippen LogP contribution in [-0.2, 0) is 0 Å². The molecule has 19 heavy (non-hydrogen) atoms. The van der Waals surface area contributed by atoms with Crippen molar-refractivity contribution in [3.63, 3.8) is 0 Å². The molecule has 2 aromatic heterocycles. The summed E-state index contributed by atoms with van der Waals surface area (Å²) in [4.78, 5) is 13.4. The van der Waals surface area contributed by atoms with Crippen LogP contribution < -0.4 is 5.32 Å². The molecule has 1 atom stereocenters. The van der Waals surface area contributed by atoms with Crippen molar-refractivity contribution in [3.8, 4) is 0 Å². The number of thiazole rings is 1. The van der Waals surface area contributed by atoms with Crippen LogP contribution in [0.15, 0.2) is 16.0 Å². The van der Waals surface area contributed by atoms with Crippen LogP contribution in [0.3, 0.4) is 0 Å². The monoisotopic (exact) mass is 340 g/mol. The van der Waals surface area contributed by atoms with Crippen LogP contribution in [0.1, 0.15) is 49.3 Å². The Morgan fingerprint density at radius 2 is 1.95 bits per heavy atom. The van der Waals surface area contributed by atoms with Gasteiger partial charge in [-0.15, -0.1) is 11.3 Å². The predicted molar refractivity (Wildman–Crippen MR) is 82.7 cm³/mol. The summed E-state index contributed by atoms with van der Waals surface area (Å²) in [6, 6.07) is 2.03. The van der Waals surface area contributed by atoms with Gasteiger partial charge in [-0.3, -0.25) is 0 Å². The number of nitrogens with one attached hydrogen (secondary N) is 1. The molecule has 0 bridgehead atoms. The predicted octanol–water partition coefficient (Wildman–Crippen LogP) is 4.30. The van der Waals surface area contributed by atoms with Crippen molar-refractivity contribution in [1.82, 2.24) is 15.0 Å². The van der Waals surface area contributed by atoms with E-state index in [1.54, 1.807) is 11.3 Å².